The summed E-state index contributed by atoms with van der Waals surface area (Å²) in [6, 6.07) is 0. The molecule has 110 valence electrons. The van der Waals surface area contributed by atoms with Crippen molar-refractivity contribution in [1.82, 2.24) is 0 Å². The van der Waals surface area contributed by atoms with E-state index in [0.29, 0.717) is 12.8 Å². The third-order valence-electron chi connectivity index (χ3n) is 3.74. The van der Waals surface area contributed by atoms with Crippen LogP contribution in [0.1, 0.15) is 89.9 Å². The zero-order valence-electron chi connectivity index (χ0n) is 12.1. The molecule has 1 rings (SSSR count). The lowest BCUT2D eigenvalue weighted by Gasteiger charge is -2.03. The topological polar surface area (TPSA) is 43.4 Å². The lowest BCUT2D eigenvalue weighted by Crippen LogP contribution is -2.11. The lowest BCUT2D eigenvalue weighted by atomic mass is 10.0. The van der Waals surface area contributed by atoms with Crippen LogP contribution in [0.25, 0.3) is 0 Å². The van der Waals surface area contributed by atoms with Gasteiger partial charge < -0.3 is 4.74 Å². The van der Waals surface area contributed by atoms with Crippen molar-refractivity contribution in [2.24, 2.45) is 0 Å². The molecule has 0 N–H and O–H groups in total. The number of hydrogen-bond acceptors (Lipinski definition) is 3. The highest BCUT2D eigenvalue weighted by Crippen LogP contribution is 2.14. The largest absolute Gasteiger partial charge is 0.393 e. The van der Waals surface area contributed by atoms with Gasteiger partial charge in [0.25, 0.3) is 0 Å². The van der Waals surface area contributed by atoms with E-state index in [-0.39, 0.29) is 11.9 Å². The molecule has 19 heavy (non-hydrogen) atoms. The van der Waals surface area contributed by atoms with E-state index in [4.69, 9.17) is 4.74 Å². The highest BCUT2D eigenvalue weighted by atomic mass is 16.6. The number of hydrogen-bond donors (Lipinski definition) is 0. The van der Waals surface area contributed by atoms with Crippen molar-refractivity contribution >= 4 is 11.9 Å². The molecule has 0 spiro atoms. The summed E-state index contributed by atoms with van der Waals surface area (Å²) in [6.07, 6.45) is 14.9. The van der Waals surface area contributed by atoms with E-state index in [1.54, 1.807) is 0 Å². The van der Waals surface area contributed by atoms with E-state index in [0.717, 1.165) is 25.7 Å². The molecule has 0 atom stereocenters. The normalized spacial score (nSPS) is 22.5. The quantitative estimate of drug-likeness (QED) is 0.479. The average Bonchev–Trinajstić information content (AvgIpc) is 2.38. The smallest absolute Gasteiger partial charge is 0.313 e. The molecule has 1 aliphatic rings. The number of esters is 2. The molecule has 0 aliphatic carbocycles. The second-order valence-corrected chi connectivity index (χ2v) is 5.59. The maximum absolute atomic E-state index is 11.4. The van der Waals surface area contributed by atoms with Gasteiger partial charge in [0.1, 0.15) is 0 Å². The Morgan fingerprint density at radius 2 is 0.737 bits per heavy atom. The number of rotatable bonds is 0. The summed E-state index contributed by atoms with van der Waals surface area (Å²) < 4.78 is 4.80. The molecular weight excluding hydrogens is 240 g/mol. The first-order valence-corrected chi connectivity index (χ1v) is 8.02. The van der Waals surface area contributed by atoms with Crippen molar-refractivity contribution in [2.45, 2.75) is 89.9 Å². The maximum Gasteiger partial charge on any atom is 0.313 e. The second-order valence-electron chi connectivity index (χ2n) is 5.59. The van der Waals surface area contributed by atoms with Gasteiger partial charge in [-0.25, -0.2) is 0 Å². The van der Waals surface area contributed by atoms with Gasteiger partial charge in [-0.15, -0.1) is 0 Å². The summed E-state index contributed by atoms with van der Waals surface area (Å²) in [4.78, 5) is 22.8. The van der Waals surface area contributed by atoms with Gasteiger partial charge in [0.2, 0.25) is 0 Å². The molecule has 3 nitrogen and oxygen atoms in total. The fourth-order valence-electron chi connectivity index (χ4n) is 2.54. The van der Waals surface area contributed by atoms with Gasteiger partial charge in [-0.05, 0) is 12.8 Å². The molecule has 3 heteroatoms. The summed E-state index contributed by atoms with van der Waals surface area (Å²) >= 11 is 0. The van der Waals surface area contributed by atoms with Crippen LogP contribution in [0.15, 0.2) is 0 Å². The maximum atomic E-state index is 11.4. The van der Waals surface area contributed by atoms with Gasteiger partial charge in [0, 0.05) is 12.8 Å². The van der Waals surface area contributed by atoms with Crippen LogP contribution in [0.3, 0.4) is 0 Å². The van der Waals surface area contributed by atoms with E-state index < -0.39 is 0 Å². The minimum Gasteiger partial charge on any atom is -0.393 e. The SMILES string of the molecule is O=C1CCCCCCCCCCCCCCC(=O)O1. The van der Waals surface area contributed by atoms with Crippen molar-refractivity contribution in [3.63, 3.8) is 0 Å². The standard InChI is InChI=1S/C16H28O3/c17-15-13-11-9-7-5-3-1-2-4-6-8-10-12-14-16(18)19-15/h1-14H2. The predicted octanol–water partition coefficient (Wildman–Crippen LogP) is 4.53. The van der Waals surface area contributed by atoms with Crippen LogP contribution in [0, 0.1) is 0 Å². The third kappa shape index (κ3) is 9.69. The first-order valence-electron chi connectivity index (χ1n) is 8.02. The average molecular weight is 268 g/mol. The molecule has 0 aromatic rings. The summed E-state index contributed by atoms with van der Waals surface area (Å²) in [7, 11) is 0. The molecule has 0 unspecified atom stereocenters. The van der Waals surface area contributed by atoms with Crippen LogP contribution >= 0.6 is 0 Å². The molecule has 1 aliphatic heterocycles. The first kappa shape index (κ1) is 16.2. The molecule has 1 fully saturated rings. The van der Waals surface area contributed by atoms with Crippen molar-refractivity contribution in [3.8, 4) is 0 Å². The van der Waals surface area contributed by atoms with Crippen molar-refractivity contribution in [2.75, 3.05) is 0 Å². The lowest BCUT2D eigenvalue weighted by molar-refractivity contribution is -0.159. The van der Waals surface area contributed by atoms with Crippen LogP contribution in [0.2, 0.25) is 0 Å². The summed E-state index contributed by atoms with van der Waals surface area (Å²) in [5, 5.41) is 0. The number of carbonyl (C=O) groups excluding carboxylic acids is 2. The van der Waals surface area contributed by atoms with Gasteiger partial charge in [-0.1, -0.05) is 64.2 Å². The Balaban J connectivity index is 2.23. The second kappa shape index (κ2) is 11.0. The van der Waals surface area contributed by atoms with Crippen LogP contribution < -0.4 is 0 Å². The van der Waals surface area contributed by atoms with E-state index in [2.05, 4.69) is 0 Å². The molecule has 0 amide bonds. The minimum atomic E-state index is -0.339. The van der Waals surface area contributed by atoms with E-state index in [1.807, 2.05) is 0 Å². The predicted molar refractivity (Wildman–Crippen MR) is 75.7 cm³/mol. The highest BCUT2D eigenvalue weighted by Gasteiger charge is 2.09. The number of carbonyl (C=O) groups is 2. The zero-order chi connectivity index (χ0) is 13.8. The molecular formula is C16H28O3. The Hall–Kier alpha value is -0.860. The van der Waals surface area contributed by atoms with Crippen LogP contribution in [0.4, 0.5) is 0 Å². The Morgan fingerprint density at radius 1 is 0.474 bits per heavy atom. The van der Waals surface area contributed by atoms with E-state index >= 15 is 0 Å². The van der Waals surface area contributed by atoms with Crippen molar-refractivity contribution in [1.29, 1.82) is 0 Å². The summed E-state index contributed by atoms with van der Waals surface area (Å²) in [6.45, 7) is 0. The molecule has 0 radical (unpaired) electrons. The zero-order valence-corrected chi connectivity index (χ0v) is 12.1. The van der Waals surface area contributed by atoms with Crippen LogP contribution in [-0.2, 0) is 14.3 Å². The van der Waals surface area contributed by atoms with Crippen LogP contribution in [-0.4, -0.2) is 11.9 Å². The Kier molecular flexibility index (Phi) is 9.38. The molecule has 1 heterocycles. The van der Waals surface area contributed by atoms with Gasteiger partial charge >= 0.3 is 11.9 Å². The fraction of sp³-hybridized carbons (Fsp3) is 0.875. The molecule has 0 bridgehead atoms. The Labute approximate surface area is 117 Å². The highest BCUT2D eigenvalue weighted by molar-refractivity contribution is 5.85. The summed E-state index contributed by atoms with van der Waals surface area (Å²) in [5.74, 6) is -0.677. The van der Waals surface area contributed by atoms with E-state index in [1.165, 1.54) is 51.4 Å². The number of cyclic esters (lactones) is 2. The molecule has 1 saturated heterocycles. The minimum absolute atomic E-state index is 0.339. The first-order chi connectivity index (χ1) is 9.29. The van der Waals surface area contributed by atoms with E-state index in [9.17, 15) is 9.59 Å². The van der Waals surface area contributed by atoms with Gasteiger partial charge in [-0.3, -0.25) is 9.59 Å². The fourth-order valence-corrected chi connectivity index (χ4v) is 2.54. The monoisotopic (exact) mass is 268 g/mol. The van der Waals surface area contributed by atoms with Gasteiger partial charge in [0.15, 0.2) is 0 Å². The summed E-state index contributed by atoms with van der Waals surface area (Å²) in [5.41, 5.74) is 0. The molecule has 0 saturated carbocycles. The van der Waals surface area contributed by atoms with Crippen molar-refractivity contribution < 1.29 is 14.3 Å². The Morgan fingerprint density at radius 3 is 1.05 bits per heavy atom. The molecule has 0 aromatic carbocycles. The Bertz CT molecular complexity index is 235. The number of ether oxygens (including phenoxy) is 1. The van der Waals surface area contributed by atoms with Gasteiger partial charge in [0.05, 0.1) is 0 Å². The van der Waals surface area contributed by atoms with Crippen molar-refractivity contribution in [3.05, 3.63) is 0 Å². The molecule has 0 aromatic heterocycles. The van der Waals surface area contributed by atoms with Gasteiger partial charge in [-0.2, -0.15) is 0 Å². The third-order valence-corrected chi connectivity index (χ3v) is 3.74. The van der Waals surface area contributed by atoms with Crippen LogP contribution in [0.5, 0.6) is 0 Å².